The molecular weight excluding hydrogens is 288 g/mol. The van der Waals surface area contributed by atoms with Gasteiger partial charge in [0.25, 0.3) is 10.0 Å². The summed E-state index contributed by atoms with van der Waals surface area (Å²) in [5, 5.41) is 0.663. The largest absolute Gasteiger partial charge is 0.496 e. The molecule has 0 atom stereocenters. The van der Waals surface area contributed by atoms with Gasteiger partial charge in [0.15, 0.2) is 5.65 Å². The van der Waals surface area contributed by atoms with Crippen LogP contribution in [-0.2, 0) is 10.0 Å². The van der Waals surface area contributed by atoms with E-state index >= 15 is 0 Å². The van der Waals surface area contributed by atoms with Gasteiger partial charge in [0.2, 0.25) is 0 Å². The van der Waals surface area contributed by atoms with Crippen molar-refractivity contribution in [1.82, 2.24) is 8.96 Å². The van der Waals surface area contributed by atoms with Crippen LogP contribution in [0.1, 0.15) is 5.56 Å². The zero-order chi connectivity index (χ0) is 15.0. The Morgan fingerprint density at radius 3 is 2.48 bits per heavy atom. The van der Waals surface area contributed by atoms with Gasteiger partial charge in [-0.2, -0.15) is 0 Å². The molecule has 0 saturated carbocycles. The number of ether oxygens (including phenoxy) is 1. The van der Waals surface area contributed by atoms with Gasteiger partial charge in [-0.05, 0) is 31.2 Å². The van der Waals surface area contributed by atoms with Crippen LogP contribution in [0.15, 0.2) is 53.7 Å². The summed E-state index contributed by atoms with van der Waals surface area (Å²) in [4.78, 5) is 4.39. The second-order valence-electron chi connectivity index (χ2n) is 4.68. The molecule has 6 heteroatoms. The molecule has 3 rings (SSSR count). The Bertz CT molecular complexity index is 896. The average molecular weight is 302 g/mol. The van der Waals surface area contributed by atoms with Crippen LogP contribution in [0, 0.1) is 6.92 Å². The highest BCUT2D eigenvalue weighted by Crippen LogP contribution is 2.27. The van der Waals surface area contributed by atoms with Crippen molar-refractivity contribution in [2.45, 2.75) is 11.8 Å². The standard InChI is InChI=1S/C15H14N2O3S/c1-11-3-5-12(6-4-11)21(18,19)17-10-8-13-14(20-2)7-9-16-15(13)17/h3-10H,1-2H3. The van der Waals surface area contributed by atoms with Crippen LogP contribution in [-0.4, -0.2) is 24.5 Å². The third-order valence-corrected chi connectivity index (χ3v) is 4.99. The summed E-state index contributed by atoms with van der Waals surface area (Å²) in [6.45, 7) is 1.91. The van der Waals surface area contributed by atoms with E-state index in [0.29, 0.717) is 16.8 Å². The smallest absolute Gasteiger partial charge is 0.269 e. The zero-order valence-electron chi connectivity index (χ0n) is 11.6. The summed E-state index contributed by atoms with van der Waals surface area (Å²) in [5.41, 5.74) is 1.36. The Hall–Kier alpha value is -2.34. The van der Waals surface area contributed by atoms with Gasteiger partial charge in [-0.1, -0.05) is 17.7 Å². The molecule has 0 aliphatic carbocycles. The SMILES string of the molecule is COc1ccnc2c1ccn2S(=O)(=O)c1ccc(C)cc1. The maximum Gasteiger partial charge on any atom is 0.269 e. The van der Waals surface area contributed by atoms with Crippen LogP contribution < -0.4 is 4.74 Å². The van der Waals surface area contributed by atoms with Gasteiger partial charge in [0, 0.05) is 12.4 Å². The van der Waals surface area contributed by atoms with E-state index < -0.39 is 10.0 Å². The molecule has 2 heterocycles. The van der Waals surface area contributed by atoms with E-state index in [1.165, 1.54) is 16.4 Å². The molecule has 0 spiro atoms. The first kappa shape index (κ1) is 13.6. The van der Waals surface area contributed by atoms with Crippen molar-refractivity contribution in [3.8, 4) is 5.75 Å². The van der Waals surface area contributed by atoms with Crippen molar-refractivity contribution in [3.63, 3.8) is 0 Å². The van der Waals surface area contributed by atoms with Gasteiger partial charge in [-0.25, -0.2) is 17.4 Å². The Morgan fingerprint density at radius 2 is 1.81 bits per heavy atom. The second-order valence-corrected chi connectivity index (χ2v) is 6.50. The summed E-state index contributed by atoms with van der Waals surface area (Å²) < 4.78 is 31.8. The molecule has 0 bridgehead atoms. The number of methoxy groups -OCH3 is 1. The summed E-state index contributed by atoms with van der Waals surface area (Å²) in [7, 11) is -2.12. The number of rotatable bonds is 3. The molecule has 0 unspecified atom stereocenters. The Kier molecular flexibility index (Phi) is 3.17. The minimum absolute atomic E-state index is 0.232. The second kappa shape index (κ2) is 4.89. The van der Waals surface area contributed by atoms with E-state index in [1.807, 2.05) is 6.92 Å². The molecule has 108 valence electrons. The molecule has 5 nitrogen and oxygen atoms in total. The lowest BCUT2D eigenvalue weighted by atomic mass is 10.2. The lowest BCUT2D eigenvalue weighted by Crippen LogP contribution is -2.12. The summed E-state index contributed by atoms with van der Waals surface area (Å²) in [5.74, 6) is 0.595. The summed E-state index contributed by atoms with van der Waals surface area (Å²) >= 11 is 0. The molecule has 0 saturated heterocycles. The van der Waals surface area contributed by atoms with E-state index in [4.69, 9.17) is 4.74 Å². The van der Waals surface area contributed by atoms with Crippen LogP contribution in [0.2, 0.25) is 0 Å². The normalized spacial score (nSPS) is 11.7. The first-order valence-electron chi connectivity index (χ1n) is 6.36. The predicted octanol–water partition coefficient (Wildman–Crippen LogP) is 2.59. The maximum absolute atomic E-state index is 12.7. The molecule has 0 aliphatic rings. The number of pyridine rings is 1. The van der Waals surface area contributed by atoms with Crippen molar-refractivity contribution in [2.24, 2.45) is 0 Å². The predicted molar refractivity (Wildman–Crippen MR) is 80.0 cm³/mol. The van der Waals surface area contributed by atoms with Crippen molar-refractivity contribution in [3.05, 3.63) is 54.4 Å². The number of benzene rings is 1. The lowest BCUT2D eigenvalue weighted by Gasteiger charge is -2.08. The number of hydrogen-bond donors (Lipinski definition) is 0. The van der Waals surface area contributed by atoms with Crippen molar-refractivity contribution in [2.75, 3.05) is 7.11 Å². The fraction of sp³-hybridized carbons (Fsp3) is 0.133. The molecule has 0 radical (unpaired) electrons. The van der Waals surface area contributed by atoms with Gasteiger partial charge in [0.05, 0.1) is 17.4 Å². The zero-order valence-corrected chi connectivity index (χ0v) is 12.5. The highest BCUT2D eigenvalue weighted by molar-refractivity contribution is 7.90. The minimum atomic E-state index is -3.67. The number of aromatic nitrogens is 2. The van der Waals surface area contributed by atoms with Crippen molar-refractivity contribution in [1.29, 1.82) is 0 Å². The number of nitrogens with zero attached hydrogens (tertiary/aromatic N) is 2. The van der Waals surface area contributed by atoms with Gasteiger partial charge >= 0.3 is 0 Å². The van der Waals surface area contributed by atoms with E-state index in [1.54, 1.807) is 43.5 Å². The molecule has 21 heavy (non-hydrogen) atoms. The number of aryl methyl sites for hydroxylation is 1. The third-order valence-electron chi connectivity index (χ3n) is 3.31. The summed E-state index contributed by atoms with van der Waals surface area (Å²) in [6, 6.07) is 10.1. The first-order valence-corrected chi connectivity index (χ1v) is 7.80. The quantitative estimate of drug-likeness (QED) is 0.746. The molecule has 1 aromatic carbocycles. The topological polar surface area (TPSA) is 61.2 Å². The van der Waals surface area contributed by atoms with Crippen molar-refractivity contribution >= 4 is 21.1 Å². The van der Waals surface area contributed by atoms with Gasteiger partial charge in [-0.3, -0.25) is 0 Å². The molecule has 0 N–H and O–H groups in total. The van der Waals surface area contributed by atoms with E-state index in [2.05, 4.69) is 4.98 Å². The average Bonchev–Trinajstić information content (AvgIpc) is 2.92. The van der Waals surface area contributed by atoms with Crippen LogP contribution in [0.4, 0.5) is 0 Å². The minimum Gasteiger partial charge on any atom is -0.496 e. The molecule has 3 aromatic rings. The fourth-order valence-corrected chi connectivity index (χ4v) is 3.49. The fourth-order valence-electron chi connectivity index (χ4n) is 2.19. The first-order chi connectivity index (χ1) is 10.0. The van der Waals surface area contributed by atoms with E-state index in [9.17, 15) is 8.42 Å². The van der Waals surface area contributed by atoms with Crippen molar-refractivity contribution < 1.29 is 13.2 Å². The Morgan fingerprint density at radius 1 is 1.10 bits per heavy atom. The highest BCUT2D eigenvalue weighted by atomic mass is 32.2. The maximum atomic E-state index is 12.7. The van der Waals surface area contributed by atoms with E-state index in [-0.39, 0.29) is 4.90 Å². The Labute approximate surface area is 122 Å². The molecule has 0 fully saturated rings. The number of hydrogen-bond acceptors (Lipinski definition) is 4. The lowest BCUT2D eigenvalue weighted by molar-refractivity contribution is 0.419. The van der Waals surface area contributed by atoms with Crippen LogP contribution in [0.25, 0.3) is 11.0 Å². The third kappa shape index (κ3) is 2.17. The highest BCUT2D eigenvalue weighted by Gasteiger charge is 2.20. The van der Waals surface area contributed by atoms with Gasteiger partial charge < -0.3 is 4.74 Å². The summed E-state index contributed by atoms with van der Waals surface area (Å²) in [6.07, 6.45) is 3.03. The van der Waals surface area contributed by atoms with Gasteiger partial charge in [-0.15, -0.1) is 0 Å². The van der Waals surface area contributed by atoms with Crippen LogP contribution >= 0.6 is 0 Å². The van der Waals surface area contributed by atoms with Crippen LogP contribution in [0.3, 0.4) is 0 Å². The van der Waals surface area contributed by atoms with Crippen LogP contribution in [0.5, 0.6) is 5.75 Å². The molecular formula is C15H14N2O3S. The number of fused-ring (bicyclic) bond motifs is 1. The molecule has 0 amide bonds. The Balaban J connectivity index is 2.22. The monoisotopic (exact) mass is 302 g/mol. The molecule has 0 aliphatic heterocycles. The molecule has 2 aromatic heterocycles. The van der Waals surface area contributed by atoms with E-state index in [0.717, 1.165) is 5.56 Å². The van der Waals surface area contributed by atoms with Gasteiger partial charge in [0.1, 0.15) is 5.75 Å².